The van der Waals surface area contributed by atoms with Crippen LogP contribution in [0.1, 0.15) is 32.3 Å². The molecule has 16 heavy (non-hydrogen) atoms. The van der Waals surface area contributed by atoms with E-state index in [0.717, 1.165) is 11.4 Å². The topological polar surface area (TPSA) is 73.1 Å². The summed E-state index contributed by atoms with van der Waals surface area (Å²) in [4.78, 5) is 8.23. The fourth-order valence-corrected chi connectivity index (χ4v) is 1.62. The van der Waals surface area contributed by atoms with Crippen LogP contribution in [0.5, 0.6) is 0 Å². The summed E-state index contributed by atoms with van der Waals surface area (Å²) in [6.07, 6.45) is 1.48. The molecular formula is C11H20N4O. The van der Waals surface area contributed by atoms with Gasteiger partial charge in [0.2, 0.25) is 0 Å². The number of nitrogens with one attached hydrogen (secondary N) is 1. The standard InChI is InChI=1S/C11H20N4O/c1-7(2)9-10(12)13-6-14-11(9)15-8(3)5-16-4/h6-8H,5H2,1-4H3,(H3,12,13,14,15). The number of ether oxygens (including phenoxy) is 1. The zero-order chi connectivity index (χ0) is 12.1. The van der Waals surface area contributed by atoms with Crippen LogP contribution >= 0.6 is 0 Å². The minimum atomic E-state index is 0.191. The van der Waals surface area contributed by atoms with Gasteiger partial charge in [-0.15, -0.1) is 0 Å². The minimum absolute atomic E-state index is 0.191. The molecule has 0 aliphatic carbocycles. The van der Waals surface area contributed by atoms with E-state index in [1.54, 1.807) is 7.11 Å². The monoisotopic (exact) mass is 224 g/mol. The molecule has 0 spiro atoms. The molecule has 1 rings (SSSR count). The molecule has 0 saturated heterocycles. The van der Waals surface area contributed by atoms with Crippen molar-refractivity contribution in [2.45, 2.75) is 32.7 Å². The van der Waals surface area contributed by atoms with Crippen molar-refractivity contribution in [1.82, 2.24) is 9.97 Å². The Morgan fingerprint density at radius 3 is 2.62 bits per heavy atom. The first-order chi connectivity index (χ1) is 7.56. The van der Waals surface area contributed by atoms with Gasteiger partial charge in [0, 0.05) is 18.7 Å². The molecule has 0 aromatic carbocycles. The Labute approximate surface area is 96.4 Å². The van der Waals surface area contributed by atoms with E-state index < -0.39 is 0 Å². The van der Waals surface area contributed by atoms with E-state index >= 15 is 0 Å². The van der Waals surface area contributed by atoms with Crippen LogP contribution in [0.25, 0.3) is 0 Å². The zero-order valence-electron chi connectivity index (χ0n) is 10.3. The Morgan fingerprint density at radius 1 is 1.38 bits per heavy atom. The molecule has 5 nitrogen and oxygen atoms in total. The van der Waals surface area contributed by atoms with Gasteiger partial charge in [-0.3, -0.25) is 0 Å². The predicted molar refractivity (Wildman–Crippen MR) is 65.5 cm³/mol. The van der Waals surface area contributed by atoms with E-state index in [4.69, 9.17) is 10.5 Å². The van der Waals surface area contributed by atoms with Gasteiger partial charge in [0.25, 0.3) is 0 Å². The van der Waals surface area contributed by atoms with Gasteiger partial charge in [-0.1, -0.05) is 13.8 Å². The third-order valence-corrected chi connectivity index (χ3v) is 2.29. The maximum atomic E-state index is 5.85. The fraction of sp³-hybridized carbons (Fsp3) is 0.636. The first kappa shape index (κ1) is 12.7. The van der Waals surface area contributed by atoms with Crippen LogP contribution in [0.3, 0.4) is 0 Å². The molecule has 0 saturated carbocycles. The van der Waals surface area contributed by atoms with E-state index in [2.05, 4.69) is 29.1 Å². The summed E-state index contributed by atoms with van der Waals surface area (Å²) in [6, 6.07) is 0.191. The second kappa shape index (κ2) is 5.65. The predicted octanol–water partition coefficient (Wildman–Crippen LogP) is 1.63. The summed E-state index contributed by atoms with van der Waals surface area (Å²) in [5, 5.41) is 3.28. The average molecular weight is 224 g/mol. The average Bonchev–Trinajstić information content (AvgIpc) is 2.17. The number of aromatic nitrogens is 2. The van der Waals surface area contributed by atoms with Gasteiger partial charge in [0.15, 0.2) is 0 Å². The second-order valence-electron chi connectivity index (χ2n) is 4.18. The first-order valence-corrected chi connectivity index (χ1v) is 5.42. The molecule has 0 fully saturated rings. The van der Waals surface area contributed by atoms with E-state index in [1.165, 1.54) is 6.33 Å². The molecule has 90 valence electrons. The van der Waals surface area contributed by atoms with Crippen LogP contribution in [-0.4, -0.2) is 29.7 Å². The zero-order valence-corrected chi connectivity index (χ0v) is 10.3. The molecule has 1 aromatic heterocycles. The van der Waals surface area contributed by atoms with Gasteiger partial charge in [0.1, 0.15) is 18.0 Å². The fourth-order valence-electron chi connectivity index (χ4n) is 1.62. The minimum Gasteiger partial charge on any atom is -0.383 e. The van der Waals surface area contributed by atoms with Crippen LogP contribution < -0.4 is 11.1 Å². The number of methoxy groups -OCH3 is 1. The molecule has 3 N–H and O–H groups in total. The molecule has 0 bridgehead atoms. The molecule has 1 heterocycles. The summed E-state index contributed by atoms with van der Waals surface area (Å²) >= 11 is 0. The summed E-state index contributed by atoms with van der Waals surface area (Å²) < 4.78 is 5.07. The van der Waals surface area contributed by atoms with Crippen molar-refractivity contribution >= 4 is 11.6 Å². The number of nitrogens with zero attached hydrogens (tertiary/aromatic N) is 2. The van der Waals surface area contributed by atoms with Gasteiger partial charge >= 0.3 is 0 Å². The number of rotatable bonds is 5. The summed E-state index contributed by atoms with van der Waals surface area (Å²) in [7, 11) is 1.68. The molecule has 1 aromatic rings. The molecule has 0 aliphatic rings. The van der Waals surface area contributed by atoms with Crippen LogP contribution in [0.4, 0.5) is 11.6 Å². The highest BCUT2D eigenvalue weighted by Gasteiger charge is 2.14. The smallest absolute Gasteiger partial charge is 0.135 e. The summed E-state index contributed by atoms with van der Waals surface area (Å²) in [5.74, 6) is 1.63. The Bertz CT molecular complexity index is 341. The lowest BCUT2D eigenvalue weighted by Gasteiger charge is -2.18. The van der Waals surface area contributed by atoms with Crippen LogP contribution in [0, 0.1) is 0 Å². The van der Waals surface area contributed by atoms with Crippen molar-refractivity contribution in [1.29, 1.82) is 0 Å². The van der Waals surface area contributed by atoms with Gasteiger partial charge < -0.3 is 15.8 Å². The molecule has 0 radical (unpaired) electrons. The van der Waals surface area contributed by atoms with E-state index in [9.17, 15) is 0 Å². The number of hydrogen-bond donors (Lipinski definition) is 2. The molecular weight excluding hydrogens is 204 g/mol. The number of anilines is 2. The molecule has 5 heteroatoms. The van der Waals surface area contributed by atoms with Crippen LogP contribution in [0.2, 0.25) is 0 Å². The van der Waals surface area contributed by atoms with Gasteiger partial charge in [-0.05, 0) is 12.8 Å². The molecule has 1 unspecified atom stereocenters. The van der Waals surface area contributed by atoms with Crippen LogP contribution in [0.15, 0.2) is 6.33 Å². The summed E-state index contributed by atoms with van der Waals surface area (Å²) in [6.45, 7) is 6.80. The first-order valence-electron chi connectivity index (χ1n) is 5.42. The third-order valence-electron chi connectivity index (χ3n) is 2.29. The van der Waals surface area contributed by atoms with Gasteiger partial charge in [-0.2, -0.15) is 0 Å². The largest absolute Gasteiger partial charge is 0.383 e. The van der Waals surface area contributed by atoms with Gasteiger partial charge in [0.05, 0.1) is 6.61 Å². The van der Waals surface area contributed by atoms with Crippen molar-refractivity contribution in [3.8, 4) is 0 Å². The van der Waals surface area contributed by atoms with E-state index in [-0.39, 0.29) is 6.04 Å². The molecule has 0 amide bonds. The van der Waals surface area contributed by atoms with E-state index in [0.29, 0.717) is 18.3 Å². The SMILES string of the molecule is COCC(C)Nc1ncnc(N)c1C(C)C. The number of hydrogen-bond acceptors (Lipinski definition) is 5. The Morgan fingerprint density at radius 2 is 2.06 bits per heavy atom. The normalized spacial score (nSPS) is 12.8. The highest BCUT2D eigenvalue weighted by atomic mass is 16.5. The maximum absolute atomic E-state index is 5.85. The highest BCUT2D eigenvalue weighted by molar-refractivity contribution is 5.56. The molecule has 0 aliphatic heterocycles. The van der Waals surface area contributed by atoms with Crippen molar-refractivity contribution in [3.05, 3.63) is 11.9 Å². The van der Waals surface area contributed by atoms with Crippen LogP contribution in [-0.2, 0) is 4.74 Å². The van der Waals surface area contributed by atoms with Gasteiger partial charge in [-0.25, -0.2) is 9.97 Å². The van der Waals surface area contributed by atoms with Crippen molar-refractivity contribution in [2.75, 3.05) is 24.8 Å². The quantitative estimate of drug-likeness (QED) is 0.795. The Balaban J connectivity index is 2.90. The lowest BCUT2D eigenvalue weighted by molar-refractivity contribution is 0.190. The third kappa shape index (κ3) is 3.06. The highest BCUT2D eigenvalue weighted by Crippen LogP contribution is 2.26. The second-order valence-corrected chi connectivity index (χ2v) is 4.18. The van der Waals surface area contributed by atoms with Crippen molar-refractivity contribution < 1.29 is 4.74 Å². The lowest BCUT2D eigenvalue weighted by atomic mass is 10.0. The van der Waals surface area contributed by atoms with Crippen molar-refractivity contribution in [2.24, 2.45) is 0 Å². The molecule has 1 atom stereocenters. The maximum Gasteiger partial charge on any atom is 0.135 e. The van der Waals surface area contributed by atoms with E-state index in [1.807, 2.05) is 6.92 Å². The van der Waals surface area contributed by atoms with Crippen molar-refractivity contribution in [3.63, 3.8) is 0 Å². The summed E-state index contributed by atoms with van der Waals surface area (Å²) in [5.41, 5.74) is 6.81. The lowest BCUT2D eigenvalue weighted by Crippen LogP contribution is -2.23. The number of nitrogens with two attached hydrogens (primary N) is 1. The number of nitrogen functional groups attached to an aromatic ring is 1. The Hall–Kier alpha value is -1.36. The Kier molecular flexibility index (Phi) is 4.49.